The van der Waals surface area contributed by atoms with E-state index in [1.165, 1.54) is 5.56 Å². The Bertz CT molecular complexity index is 456. The van der Waals surface area contributed by atoms with Gasteiger partial charge in [0.1, 0.15) is 5.82 Å². The minimum Gasteiger partial charge on any atom is -0.368 e. The summed E-state index contributed by atoms with van der Waals surface area (Å²) in [7, 11) is 0. The number of hydrogen-bond acceptors (Lipinski definition) is 4. The molecular weight excluding hydrogens is 188 g/mol. The second-order valence-electron chi connectivity index (χ2n) is 3.43. The van der Waals surface area contributed by atoms with Crippen molar-refractivity contribution in [3.05, 3.63) is 35.7 Å². The highest BCUT2D eigenvalue weighted by molar-refractivity contribution is 5.56. The van der Waals surface area contributed by atoms with E-state index in [2.05, 4.69) is 15.0 Å². The molecule has 0 saturated heterocycles. The molecule has 0 amide bonds. The molecule has 0 fully saturated rings. The van der Waals surface area contributed by atoms with Crippen LogP contribution in [0.1, 0.15) is 11.4 Å². The molecular formula is C11H12N4. The van der Waals surface area contributed by atoms with E-state index in [-0.39, 0.29) is 5.95 Å². The normalized spacial score (nSPS) is 10.3. The lowest BCUT2D eigenvalue weighted by Crippen LogP contribution is -2.01. The number of hydrogen-bond donors (Lipinski definition) is 1. The number of aryl methyl sites for hydroxylation is 2. The summed E-state index contributed by atoms with van der Waals surface area (Å²) in [5, 5.41) is 0. The molecule has 76 valence electrons. The fraction of sp³-hybridized carbons (Fsp3) is 0.182. The maximum absolute atomic E-state index is 5.56. The molecule has 2 rings (SSSR count). The number of nitrogens with zero attached hydrogens (tertiary/aromatic N) is 3. The summed E-state index contributed by atoms with van der Waals surface area (Å²) in [5.41, 5.74) is 7.73. The maximum atomic E-state index is 5.56. The zero-order valence-electron chi connectivity index (χ0n) is 8.73. The summed E-state index contributed by atoms with van der Waals surface area (Å²) in [6.07, 6.45) is 0. The lowest BCUT2D eigenvalue weighted by Gasteiger charge is -2.02. The second-order valence-corrected chi connectivity index (χ2v) is 3.43. The SMILES string of the molecule is Cc1ccc(-c2nc(C)nc(N)n2)cc1. The summed E-state index contributed by atoms with van der Waals surface area (Å²) in [6, 6.07) is 7.99. The molecule has 1 aromatic carbocycles. The first-order valence-electron chi connectivity index (χ1n) is 4.70. The van der Waals surface area contributed by atoms with Crippen molar-refractivity contribution in [1.82, 2.24) is 15.0 Å². The fourth-order valence-electron chi connectivity index (χ4n) is 1.33. The van der Waals surface area contributed by atoms with Crippen molar-refractivity contribution in [2.24, 2.45) is 0 Å². The average molecular weight is 200 g/mol. The zero-order valence-corrected chi connectivity index (χ0v) is 8.73. The standard InChI is InChI=1S/C11H12N4/c1-7-3-5-9(6-4-7)10-13-8(2)14-11(12)15-10/h3-6H,1-2H3,(H2,12,13,14,15). The number of anilines is 1. The van der Waals surface area contributed by atoms with Gasteiger partial charge >= 0.3 is 0 Å². The molecule has 1 aromatic heterocycles. The number of nitrogen functional groups attached to an aromatic ring is 1. The Hall–Kier alpha value is -1.97. The third-order valence-electron chi connectivity index (χ3n) is 2.07. The minimum atomic E-state index is 0.262. The van der Waals surface area contributed by atoms with Gasteiger partial charge in [-0.1, -0.05) is 29.8 Å². The first kappa shape index (κ1) is 9.58. The van der Waals surface area contributed by atoms with E-state index >= 15 is 0 Å². The van der Waals surface area contributed by atoms with Gasteiger partial charge in [-0.05, 0) is 13.8 Å². The Balaban J connectivity index is 2.49. The number of aromatic nitrogens is 3. The van der Waals surface area contributed by atoms with Crippen molar-refractivity contribution in [1.29, 1.82) is 0 Å². The molecule has 2 aromatic rings. The molecule has 0 radical (unpaired) electrons. The molecule has 0 spiro atoms. The van der Waals surface area contributed by atoms with Gasteiger partial charge in [-0.25, -0.2) is 4.98 Å². The molecule has 0 aliphatic rings. The van der Waals surface area contributed by atoms with Gasteiger partial charge in [0.15, 0.2) is 5.82 Å². The van der Waals surface area contributed by atoms with Gasteiger partial charge in [0.25, 0.3) is 0 Å². The van der Waals surface area contributed by atoms with Crippen molar-refractivity contribution in [2.75, 3.05) is 5.73 Å². The predicted octanol–water partition coefficient (Wildman–Crippen LogP) is 1.74. The topological polar surface area (TPSA) is 64.7 Å². The molecule has 2 N–H and O–H groups in total. The molecule has 4 nitrogen and oxygen atoms in total. The van der Waals surface area contributed by atoms with Crippen LogP contribution in [0.15, 0.2) is 24.3 Å². The highest BCUT2D eigenvalue weighted by atomic mass is 15.1. The Morgan fingerprint density at radius 3 is 2.20 bits per heavy atom. The predicted molar refractivity (Wildman–Crippen MR) is 59.1 cm³/mol. The van der Waals surface area contributed by atoms with Gasteiger partial charge in [0.2, 0.25) is 5.95 Å². The molecule has 15 heavy (non-hydrogen) atoms. The van der Waals surface area contributed by atoms with Crippen molar-refractivity contribution < 1.29 is 0 Å². The van der Waals surface area contributed by atoms with Crippen LogP contribution in [0, 0.1) is 13.8 Å². The van der Waals surface area contributed by atoms with Crippen molar-refractivity contribution in [3.63, 3.8) is 0 Å². The zero-order chi connectivity index (χ0) is 10.8. The number of benzene rings is 1. The van der Waals surface area contributed by atoms with Gasteiger partial charge < -0.3 is 5.73 Å². The number of rotatable bonds is 1. The van der Waals surface area contributed by atoms with Gasteiger partial charge in [0, 0.05) is 5.56 Å². The Kier molecular flexibility index (Phi) is 2.33. The summed E-state index contributed by atoms with van der Waals surface area (Å²) >= 11 is 0. The third-order valence-corrected chi connectivity index (χ3v) is 2.07. The highest BCUT2D eigenvalue weighted by Gasteiger charge is 2.03. The summed E-state index contributed by atoms with van der Waals surface area (Å²) < 4.78 is 0. The molecule has 1 heterocycles. The first-order chi connectivity index (χ1) is 7.15. The van der Waals surface area contributed by atoms with Crippen LogP contribution in [-0.4, -0.2) is 15.0 Å². The van der Waals surface area contributed by atoms with Crippen molar-refractivity contribution >= 4 is 5.95 Å². The van der Waals surface area contributed by atoms with Crippen LogP contribution in [0.4, 0.5) is 5.95 Å². The van der Waals surface area contributed by atoms with Crippen LogP contribution in [0.25, 0.3) is 11.4 Å². The van der Waals surface area contributed by atoms with E-state index in [1.54, 1.807) is 6.92 Å². The summed E-state index contributed by atoms with van der Waals surface area (Å²) in [4.78, 5) is 12.3. The lowest BCUT2D eigenvalue weighted by molar-refractivity contribution is 0.996. The average Bonchev–Trinajstić information content (AvgIpc) is 2.17. The first-order valence-corrected chi connectivity index (χ1v) is 4.70. The minimum absolute atomic E-state index is 0.262. The van der Waals surface area contributed by atoms with Gasteiger partial charge in [0.05, 0.1) is 0 Å². The lowest BCUT2D eigenvalue weighted by atomic mass is 10.1. The highest BCUT2D eigenvalue weighted by Crippen LogP contribution is 2.15. The van der Waals surface area contributed by atoms with Crippen LogP contribution >= 0.6 is 0 Å². The Morgan fingerprint density at radius 2 is 1.60 bits per heavy atom. The second kappa shape index (κ2) is 3.65. The smallest absolute Gasteiger partial charge is 0.223 e. The van der Waals surface area contributed by atoms with E-state index in [1.807, 2.05) is 31.2 Å². The maximum Gasteiger partial charge on any atom is 0.223 e. The van der Waals surface area contributed by atoms with Crippen LogP contribution < -0.4 is 5.73 Å². The molecule has 0 bridgehead atoms. The Morgan fingerprint density at radius 1 is 0.933 bits per heavy atom. The third kappa shape index (κ3) is 2.10. The van der Waals surface area contributed by atoms with Crippen LogP contribution in [-0.2, 0) is 0 Å². The van der Waals surface area contributed by atoms with Crippen molar-refractivity contribution in [3.8, 4) is 11.4 Å². The van der Waals surface area contributed by atoms with E-state index in [4.69, 9.17) is 5.73 Å². The molecule has 0 saturated carbocycles. The summed E-state index contributed by atoms with van der Waals surface area (Å²) in [5.74, 6) is 1.52. The molecule has 4 heteroatoms. The van der Waals surface area contributed by atoms with Gasteiger partial charge in [-0.3, -0.25) is 0 Å². The van der Waals surface area contributed by atoms with Crippen molar-refractivity contribution in [2.45, 2.75) is 13.8 Å². The van der Waals surface area contributed by atoms with Gasteiger partial charge in [-0.15, -0.1) is 0 Å². The van der Waals surface area contributed by atoms with Crippen LogP contribution in [0.3, 0.4) is 0 Å². The largest absolute Gasteiger partial charge is 0.368 e. The molecule has 0 aliphatic carbocycles. The molecule has 0 atom stereocenters. The monoisotopic (exact) mass is 200 g/mol. The van der Waals surface area contributed by atoms with E-state index in [0.29, 0.717) is 11.6 Å². The molecule has 0 aliphatic heterocycles. The van der Waals surface area contributed by atoms with E-state index in [0.717, 1.165) is 5.56 Å². The quantitative estimate of drug-likeness (QED) is 0.761. The van der Waals surface area contributed by atoms with Crippen LogP contribution in [0.5, 0.6) is 0 Å². The van der Waals surface area contributed by atoms with E-state index in [9.17, 15) is 0 Å². The Labute approximate surface area is 88.2 Å². The van der Waals surface area contributed by atoms with Gasteiger partial charge in [-0.2, -0.15) is 9.97 Å². The van der Waals surface area contributed by atoms with E-state index < -0.39 is 0 Å². The number of nitrogens with two attached hydrogens (primary N) is 1. The summed E-state index contributed by atoms with van der Waals surface area (Å²) in [6.45, 7) is 3.84. The fourth-order valence-corrected chi connectivity index (χ4v) is 1.33. The molecule has 0 unspecified atom stereocenters. The van der Waals surface area contributed by atoms with Crippen LogP contribution in [0.2, 0.25) is 0 Å².